The number of fused-ring (bicyclic) bond motifs is 1. The van der Waals surface area contributed by atoms with Gasteiger partial charge in [-0.3, -0.25) is 9.36 Å². The smallest absolute Gasteiger partial charge is 0.229 e. The topological polar surface area (TPSA) is 55.1 Å². The van der Waals surface area contributed by atoms with E-state index in [1.165, 1.54) is 6.92 Å². The molecule has 1 N–H and O–H groups in total. The predicted molar refractivity (Wildman–Crippen MR) is 81.7 cm³/mol. The highest BCUT2D eigenvalue weighted by molar-refractivity contribution is 5.94. The van der Waals surface area contributed by atoms with E-state index in [1.54, 1.807) is 16.7 Å². The molecule has 0 fully saturated rings. The molecule has 0 amide bonds. The Morgan fingerprint density at radius 1 is 1.19 bits per heavy atom. The molecule has 0 aliphatic heterocycles. The van der Waals surface area contributed by atoms with Crippen LogP contribution in [0.3, 0.4) is 0 Å². The van der Waals surface area contributed by atoms with E-state index in [1.807, 2.05) is 37.3 Å². The molecule has 106 valence electrons. The molecule has 21 heavy (non-hydrogen) atoms. The van der Waals surface area contributed by atoms with Crippen LogP contribution >= 0.6 is 0 Å². The molecule has 2 aromatic carbocycles. The van der Waals surface area contributed by atoms with Crippen LogP contribution in [-0.2, 0) is 6.42 Å². The third-order valence-corrected chi connectivity index (χ3v) is 3.57. The van der Waals surface area contributed by atoms with Crippen molar-refractivity contribution in [2.24, 2.45) is 0 Å². The predicted octanol–water partition coefficient (Wildman–Crippen LogP) is 3.30. The minimum absolute atomic E-state index is 0.0999. The number of aromatic nitrogens is 2. The van der Waals surface area contributed by atoms with Crippen molar-refractivity contribution >= 4 is 16.9 Å². The lowest BCUT2D eigenvalue weighted by Gasteiger charge is -2.06. The quantitative estimate of drug-likeness (QED) is 0.783. The van der Waals surface area contributed by atoms with Gasteiger partial charge in [0.05, 0.1) is 5.52 Å². The number of carbonyl (C=O) groups excluding carboxylic acids is 1. The van der Waals surface area contributed by atoms with Gasteiger partial charge in [-0.05, 0) is 24.1 Å². The fourth-order valence-corrected chi connectivity index (χ4v) is 2.61. The molecule has 0 saturated heterocycles. The van der Waals surface area contributed by atoms with Gasteiger partial charge < -0.3 is 5.11 Å². The summed E-state index contributed by atoms with van der Waals surface area (Å²) in [4.78, 5) is 16.5. The second-order valence-electron chi connectivity index (χ2n) is 5.14. The molecule has 0 radical (unpaired) electrons. The van der Waals surface area contributed by atoms with Crippen molar-refractivity contribution in [3.63, 3.8) is 0 Å². The summed E-state index contributed by atoms with van der Waals surface area (Å²) in [5, 5.41) is 9.99. The van der Waals surface area contributed by atoms with Gasteiger partial charge in [0.1, 0.15) is 17.1 Å². The maximum Gasteiger partial charge on any atom is 0.229 e. The first-order valence-electron chi connectivity index (χ1n) is 6.82. The minimum atomic E-state index is -0.0999. The molecule has 0 spiro atoms. The van der Waals surface area contributed by atoms with Crippen LogP contribution in [0, 0.1) is 6.92 Å². The minimum Gasteiger partial charge on any atom is -0.506 e. The first-order valence-corrected chi connectivity index (χ1v) is 6.82. The van der Waals surface area contributed by atoms with Crippen LogP contribution in [0.4, 0.5) is 0 Å². The van der Waals surface area contributed by atoms with Crippen LogP contribution < -0.4 is 0 Å². The average Bonchev–Trinajstić information content (AvgIpc) is 2.84. The van der Waals surface area contributed by atoms with Crippen molar-refractivity contribution < 1.29 is 9.90 Å². The van der Waals surface area contributed by atoms with E-state index in [2.05, 4.69) is 4.98 Å². The van der Waals surface area contributed by atoms with Gasteiger partial charge in [-0.25, -0.2) is 4.98 Å². The van der Waals surface area contributed by atoms with Gasteiger partial charge in [0.15, 0.2) is 0 Å². The number of phenols is 1. The van der Waals surface area contributed by atoms with Crippen LogP contribution in [0.1, 0.15) is 28.7 Å². The van der Waals surface area contributed by atoms with Crippen molar-refractivity contribution in [3.8, 4) is 5.75 Å². The number of hydrogen-bond acceptors (Lipinski definition) is 3. The Balaban J connectivity index is 2.23. The van der Waals surface area contributed by atoms with Crippen LogP contribution in [-0.4, -0.2) is 20.6 Å². The molecule has 4 nitrogen and oxygen atoms in total. The van der Waals surface area contributed by atoms with Crippen LogP contribution in [0.15, 0.2) is 42.5 Å². The molecular weight excluding hydrogens is 264 g/mol. The standard InChI is InChI=1S/C17H16N2O2/c1-11-8-9-14(21)16-17(11)19(12(2)20)15(18-16)10-13-6-4-3-5-7-13/h3-9,21H,10H2,1-2H3. The molecule has 0 bridgehead atoms. The summed E-state index contributed by atoms with van der Waals surface area (Å²) in [5.41, 5.74) is 3.17. The summed E-state index contributed by atoms with van der Waals surface area (Å²) >= 11 is 0. The summed E-state index contributed by atoms with van der Waals surface area (Å²) in [5.74, 6) is 0.648. The summed E-state index contributed by atoms with van der Waals surface area (Å²) in [7, 11) is 0. The Morgan fingerprint density at radius 2 is 1.90 bits per heavy atom. The van der Waals surface area contributed by atoms with Gasteiger partial charge in [0.2, 0.25) is 5.91 Å². The summed E-state index contributed by atoms with van der Waals surface area (Å²) < 4.78 is 1.59. The summed E-state index contributed by atoms with van der Waals surface area (Å²) in [6.07, 6.45) is 0.550. The Morgan fingerprint density at radius 3 is 2.57 bits per heavy atom. The molecule has 3 aromatic rings. The van der Waals surface area contributed by atoms with E-state index in [0.29, 0.717) is 23.3 Å². The van der Waals surface area contributed by atoms with E-state index in [9.17, 15) is 9.90 Å². The Labute approximate surface area is 122 Å². The normalized spacial score (nSPS) is 11.0. The van der Waals surface area contributed by atoms with Gasteiger partial charge >= 0.3 is 0 Å². The van der Waals surface area contributed by atoms with Crippen molar-refractivity contribution in [1.29, 1.82) is 0 Å². The number of aryl methyl sites for hydroxylation is 1. The number of nitrogens with zero attached hydrogens (tertiary/aromatic N) is 2. The second-order valence-corrected chi connectivity index (χ2v) is 5.14. The van der Waals surface area contributed by atoms with E-state index in [4.69, 9.17) is 0 Å². The molecule has 0 atom stereocenters. The van der Waals surface area contributed by atoms with Crippen LogP contribution in [0.2, 0.25) is 0 Å². The van der Waals surface area contributed by atoms with E-state index < -0.39 is 0 Å². The van der Waals surface area contributed by atoms with Crippen molar-refractivity contribution in [3.05, 3.63) is 59.4 Å². The highest BCUT2D eigenvalue weighted by Gasteiger charge is 2.18. The summed E-state index contributed by atoms with van der Waals surface area (Å²) in [6, 6.07) is 13.3. The van der Waals surface area contributed by atoms with Gasteiger partial charge in [0, 0.05) is 13.3 Å². The molecule has 0 unspecified atom stereocenters. The van der Waals surface area contributed by atoms with Gasteiger partial charge in [0.25, 0.3) is 0 Å². The Kier molecular flexibility index (Phi) is 3.22. The molecule has 1 aromatic heterocycles. The number of hydrogen-bond donors (Lipinski definition) is 1. The third-order valence-electron chi connectivity index (χ3n) is 3.57. The third kappa shape index (κ3) is 2.29. The van der Waals surface area contributed by atoms with Gasteiger partial charge in [-0.2, -0.15) is 0 Å². The molecule has 4 heteroatoms. The largest absolute Gasteiger partial charge is 0.506 e. The fourth-order valence-electron chi connectivity index (χ4n) is 2.61. The number of rotatable bonds is 2. The zero-order chi connectivity index (χ0) is 15.0. The average molecular weight is 280 g/mol. The van der Waals surface area contributed by atoms with Gasteiger partial charge in [-0.1, -0.05) is 36.4 Å². The zero-order valence-corrected chi connectivity index (χ0v) is 12.0. The van der Waals surface area contributed by atoms with Crippen LogP contribution in [0.25, 0.3) is 11.0 Å². The van der Waals surface area contributed by atoms with E-state index in [0.717, 1.165) is 11.1 Å². The summed E-state index contributed by atoms with van der Waals surface area (Å²) in [6.45, 7) is 3.42. The van der Waals surface area contributed by atoms with E-state index >= 15 is 0 Å². The molecule has 0 aliphatic carbocycles. The second kappa shape index (κ2) is 5.05. The number of aromatic hydroxyl groups is 1. The molecule has 3 rings (SSSR count). The maximum atomic E-state index is 12.0. The maximum absolute atomic E-state index is 12.0. The highest BCUT2D eigenvalue weighted by atomic mass is 16.3. The first kappa shape index (κ1) is 13.4. The van der Waals surface area contributed by atoms with Gasteiger partial charge in [-0.15, -0.1) is 0 Å². The lowest BCUT2D eigenvalue weighted by molar-refractivity contribution is 0.0938. The Bertz CT molecular complexity index is 820. The lowest BCUT2D eigenvalue weighted by atomic mass is 10.1. The van der Waals surface area contributed by atoms with Crippen LogP contribution in [0.5, 0.6) is 5.75 Å². The SMILES string of the molecule is CC(=O)n1c(Cc2ccccc2)nc2c(O)ccc(C)c21. The number of imidazole rings is 1. The monoisotopic (exact) mass is 280 g/mol. The molecular formula is C17H16N2O2. The lowest BCUT2D eigenvalue weighted by Crippen LogP contribution is -2.11. The highest BCUT2D eigenvalue weighted by Crippen LogP contribution is 2.28. The number of phenolic OH excluding ortho intramolecular Hbond substituents is 1. The van der Waals surface area contributed by atoms with Crippen molar-refractivity contribution in [2.75, 3.05) is 0 Å². The molecule has 0 aliphatic rings. The first-order chi connectivity index (χ1) is 10.1. The van der Waals surface area contributed by atoms with E-state index in [-0.39, 0.29) is 11.7 Å². The zero-order valence-electron chi connectivity index (χ0n) is 12.0. The van der Waals surface area contributed by atoms with Crippen molar-refractivity contribution in [2.45, 2.75) is 20.3 Å². The fraction of sp³-hybridized carbons (Fsp3) is 0.176. The molecule has 1 heterocycles. The number of benzene rings is 2. The molecule has 0 saturated carbocycles. The van der Waals surface area contributed by atoms with Crippen molar-refractivity contribution in [1.82, 2.24) is 9.55 Å². The Hall–Kier alpha value is -2.62. The number of carbonyl (C=O) groups is 1.